The van der Waals surface area contributed by atoms with Gasteiger partial charge in [-0.2, -0.15) is 5.10 Å². The number of rotatable bonds is 7. The number of carbonyl (C=O) groups is 1. The predicted octanol–water partition coefficient (Wildman–Crippen LogP) is 5.75. The number of ketones is 1. The number of hydrogen-bond donors (Lipinski definition) is 1. The highest BCUT2D eigenvalue weighted by Crippen LogP contribution is 2.34. The van der Waals surface area contributed by atoms with Crippen molar-refractivity contribution in [2.24, 2.45) is 7.05 Å². The van der Waals surface area contributed by atoms with Crippen LogP contribution < -0.4 is 10.4 Å². The zero-order valence-electron chi connectivity index (χ0n) is 24.3. The fourth-order valence-corrected chi connectivity index (χ4v) is 5.07. The third-order valence-electron chi connectivity index (χ3n) is 7.38. The Labute approximate surface area is 242 Å². The first-order valence-corrected chi connectivity index (χ1v) is 13.8. The Kier molecular flexibility index (Phi) is 6.73. The van der Waals surface area contributed by atoms with Crippen LogP contribution in [0.1, 0.15) is 43.3 Å². The van der Waals surface area contributed by atoms with Gasteiger partial charge in [-0.15, -0.1) is 0 Å². The molecule has 0 fully saturated rings. The summed E-state index contributed by atoms with van der Waals surface area (Å²) < 4.78 is 9.66. The zero-order valence-corrected chi connectivity index (χ0v) is 24.3. The number of nitrogens with zero attached hydrogens (tertiary/aromatic N) is 5. The van der Waals surface area contributed by atoms with Gasteiger partial charge in [0, 0.05) is 49.2 Å². The lowest BCUT2D eigenvalue weighted by molar-refractivity contribution is -0.117. The van der Waals surface area contributed by atoms with Gasteiger partial charge in [-0.25, -0.2) is 14.5 Å². The van der Waals surface area contributed by atoms with Gasteiger partial charge < -0.3 is 4.74 Å². The minimum absolute atomic E-state index is 0.0579. The molecule has 212 valence electrons. The summed E-state index contributed by atoms with van der Waals surface area (Å²) in [6.07, 6.45) is 3.75. The van der Waals surface area contributed by atoms with Gasteiger partial charge in [-0.1, -0.05) is 44.5 Å². The molecule has 0 radical (unpaired) electrons. The van der Waals surface area contributed by atoms with Crippen molar-refractivity contribution in [2.75, 3.05) is 0 Å². The maximum absolute atomic E-state index is 13.5. The van der Waals surface area contributed by atoms with E-state index in [1.54, 1.807) is 25.5 Å². The second-order valence-electron chi connectivity index (χ2n) is 11.6. The number of aromatic nitrogens is 6. The number of carbonyl (C=O) groups excluding carboxylic acids is 1. The third kappa shape index (κ3) is 5.09. The average Bonchev–Trinajstić information content (AvgIpc) is 3.51. The number of fused-ring (bicyclic) bond motifs is 2. The van der Waals surface area contributed by atoms with Gasteiger partial charge in [0.1, 0.15) is 17.0 Å². The van der Waals surface area contributed by atoms with Crippen LogP contribution in [0.2, 0.25) is 0 Å². The number of hydrogen-bond acceptors (Lipinski definition) is 6. The minimum atomic E-state index is -0.271. The summed E-state index contributed by atoms with van der Waals surface area (Å²) >= 11 is 0. The van der Waals surface area contributed by atoms with Gasteiger partial charge in [0.15, 0.2) is 11.4 Å². The zero-order chi connectivity index (χ0) is 29.6. The van der Waals surface area contributed by atoms with E-state index in [0.717, 1.165) is 33.6 Å². The molecule has 0 aliphatic rings. The molecular weight excluding hydrogens is 528 g/mol. The molecule has 0 aliphatic carbocycles. The van der Waals surface area contributed by atoms with Crippen LogP contribution in [0.15, 0.2) is 77.9 Å². The highest BCUT2D eigenvalue weighted by molar-refractivity contribution is 5.93. The van der Waals surface area contributed by atoms with Crippen molar-refractivity contribution < 1.29 is 9.53 Å². The number of ether oxygens (including phenoxy) is 1. The van der Waals surface area contributed by atoms with Crippen molar-refractivity contribution >= 4 is 27.9 Å². The van der Waals surface area contributed by atoms with Crippen LogP contribution in [0, 0.1) is 6.92 Å². The monoisotopic (exact) mass is 560 g/mol. The Morgan fingerprint density at radius 3 is 2.50 bits per heavy atom. The van der Waals surface area contributed by atoms with Gasteiger partial charge in [-0.05, 0) is 48.9 Å². The molecule has 4 heterocycles. The fourth-order valence-electron chi connectivity index (χ4n) is 5.07. The van der Waals surface area contributed by atoms with Gasteiger partial charge in [-0.3, -0.25) is 19.3 Å². The Hall–Kier alpha value is -5.05. The van der Waals surface area contributed by atoms with E-state index < -0.39 is 0 Å². The number of Topliss-reactive ketones (excluding diaryl/α,β-unsaturated/α-hetero) is 1. The van der Waals surface area contributed by atoms with Crippen molar-refractivity contribution in [1.29, 1.82) is 0 Å². The lowest BCUT2D eigenvalue weighted by atomic mass is 9.92. The molecule has 2 aromatic carbocycles. The predicted molar refractivity (Wildman–Crippen MR) is 163 cm³/mol. The van der Waals surface area contributed by atoms with Gasteiger partial charge in [0.2, 0.25) is 0 Å². The van der Waals surface area contributed by atoms with E-state index >= 15 is 0 Å². The molecule has 0 bridgehead atoms. The van der Waals surface area contributed by atoms with Crippen LogP contribution in [0.4, 0.5) is 0 Å². The molecule has 9 nitrogen and oxygen atoms in total. The molecule has 0 saturated heterocycles. The van der Waals surface area contributed by atoms with E-state index in [0.29, 0.717) is 28.2 Å². The summed E-state index contributed by atoms with van der Waals surface area (Å²) in [5.41, 5.74) is 5.98. The SMILES string of the molecule is Cc1ccc(-n2nc(C(C)(C)C)cc2CC(=O)Cc2ccc(Oc3ccnc4[nH]c(=O)n(C)c34)c3cccnc23)cc1. The van der Waals surface area contributed by atoms with Gasteiger partial charge in [0.05, 0.1) is 22.6 Å². The number of H-pyrrole nitrogens is 1. The van der Waals surface area contributed by atoms with Crippen LogP contribution in [0.25, 0.3) is 27.8 Å². The molecule has 9 heteroatoms. The van der Waals surface area contributed by atoms with E-state index in [4.69, 9.17) is 9.84 Å². The standard InChI is InChI=1S/C33H32N6O3/c1-20-8-11-22(12-9-20)39-23(19-28(37-39)33(2,3)4)18-24(40)17-21-10-13-26(25-7-6-15-34-29(21)25)42-27-14-16-35-31-30(27)38(5)32(41)36-31/h6-16,19H,17-18H2,1-5H3,(H,35,36,41). The summed E-state index contributed by atoms with van der Waals surface area (Å²) in [7, 11) is 1.67. The number of imidazole rings is 1. The maximum Gasteiger partial charge on any atom is 0.327 e. The van der Waals surface area contributed by atoms with Crippen LogP contribution in [-0.4, -0.2) is 35.1 Å². The topological polar surface area (TPSA) is 108 Å². The normalized spacial score (nSPS) is 11.8. The molecule has 0 amide bonds. The van der Waals surface area contributed by atoms with Crippen molar-refractivity contribution in [3.05, 3.63) is 106 Å². The van der Waals surface area contributed by atoms with Crippen LogP contribution in [-0.2, 0) is 30.1 Å². The summed E-state index contributed by atoms with van der Waals surface area (Å²) in [6.45, 7) is 8.41. The first-order valence-electron chi connectivity index (χ1n) is 13.8. The molecule has 6 rings (SSSR count). The minimum Gasteiger partial charge on any atom is -0.454 e. The molecule has 0 saturated carbocycles. The Morgan fingerprint density at radius 2 is 1.74 bits per heavy atom. The second kappa shape index (κ2) is 10.4. The number of aromatic amines is 1. The van der Waals surface area contributed by atoms with E-state index in [9.17, 15) is 9.59 Å². The first kappa shape index (κ1) is 27.1. The quantitative estimate of drug-likeness (QED) is 0.267. The molecule has 0 unspecified atom stereocenters. The summed E-state index contributed by atoms with van der Waals surface area (Å²) in [5, 5.41) is 5.65. The van der Waals surface area contributed by atoms with Crippen molar-refractivity contribution in [2.45, 2.75) is 46.0 Å². The molecule has 4 aromatic heterocycles. The average molecular weight is 561 g/mol. The molecule has 0 atom stereocenters. The number of nitrogens with one attached hydrogen (secondary N) is 1. The highest BCUT2D eigenvalue weighted by Gasteiger charge is 2.22. The van der Waals surface area contributed by atoms with Crippen molar-refractivity contribution in [1.82, 2.24) is 29.3 Å². The van der Waals surface area contributed by atoms with E-state index in [1.165, 1.54) is 4.57 Å². The number of aryl methyl sites for hydroxylation is 2. The highest BCUT2D eigenvalue weighted by atomic mass is 16.5. The lowest BCUT2D eigenvalue weighted by Gasteiger charge is -2.14. The fraction of sp³-hybridized carbons (Fsp3) is 0.242. The number of benzene rings is 2. The van der Waals surface area contributed by atoms with E-state index in [1.807, 2.05) is 66.2 Å². The van der Waals surface area contributed by atoms with Crippen LogP contribution in [0.5, 0.6) is 11.5 Å². The molecule has 0 spiro atoms. The lowest BCUT2D eigenvalue weighted by Crippen LogP contribution is -2.13. The maximum atomic E-state index is 13.5. The second-order valence-corrected chi connectivity index (χ2v) is 11.6. The molecular formula is C33H32N6O3. The first-order chi connectivity index (χ1) is 20.1. The summed E-state index contributed by atoms with van der Waals surface area (Å²) in [4.78, 5) is 37.3. The summed E-state index contributed by atoms with van der Waals surface area (Å²) in [5.74, 6) is 1.12. The smallest absolute Gasteiger partial charge is 0.327 e. The van der Waals surface area contributed by atoms with Gasteiger partial charge in [0.25, 0.3) is 0 Å². The molecule has 6 aromatic rings. The molecule has 0 aliphatic heterocycles. The van der Waals surface area contributed by atoms with E-state index in [-0.39, 0.29) is 29.7 Å². The molecule has 42 heavy (non-hydrogen) atoms. The van der Waals surface area contributed by atoms with Crippen molar-refractivity contribution in [3.63, 3.8) is 0 Å². The Bertz CT molecular complexity index is 2010. The van der Waals surface area contributed by atoms with E-state index in [2.05, 4.69) is 35.7 Å². The Morgan fingerprint density at radius 1 is 0.952 bits per heavy atom. The summed E-state index contributed by atoms with van der Waals surface area (Å²) in [6, 6.07) is 19.4. The number of pyridine rings is 2. The van der Waals surface area contributed by atoms with Crippen LogP contribution >= 0.6 is 0 Å². The molecule has 1 N–H and O–H groups in total. The van der Waals surface area contributed by atoms with Crippen molar-refractivity contribution in [3.8, 4) is 17.2 Å². The third-order valence-corrected chi connectivity index (χ3v) is 7.38. The van der Waals surface area contributed by atoms with Gasteiger partial charge >= 0.3 is 5.69 Å². The van der Waals surface area contributed by atoms with Crippen LogP contribution in [0.3, 0.4) is 0 Å². The Balaban J connectivity index is 1.31. The largest absolute Gasteiger partial charge is 0.454 e.